The minimum atomic E-state index is 0.224. The zero-order valence-corrected chi connectivity index (χ0v) is 10.4. The molecular formula is C11H23NOS. The summed E-state index contributed by atoms with van der Waals surface area (Å²) < 4.78 is 5.66. The molecule has 1 fully saturated rings. The monoisotopic (exact) mass is 217 g/mol. The molecule has 0 aliphatic carbocycles. The van der Waals surface area contributed by atoms with Crippen molar-refractivity contribution in [3.05, 3.63) is 0 Å². The van der Waals surface area contributed by atoms with Crippen molar-refractivity contribution in [2.45, 2.75) is 45.8 Å². The summed E-state index contributed by atoms with van der Waals surface area (Å²) in [4.78, 5) is 0. The van der Waals surface area contributed by atoms with Crippen LogP contribution in [0.4, 0.5) is 0 Å². The lowest BCUT2D eigenvalue weighted by Crippen LogP contribution is -2.41. The summed E-state index contributed by atoms with van der Waals surface area (Å²) in [6.45, 7) is 7.65. The van der Waals surface area contributed by atoms with Crippen LogP contribution in [0, 0.1) is 5.41 Å². The number of rotatable bonds is 3. The Morgan fingerprint density at radius 2 is 2.21 bits per heavy atom. The van der Waals surface area contributed by atoms with Crippen molar-refractivity contribution in [2.24, 2.45) is 11.1 Å². The Kier molecular flexibility index (Phi) is 4.74. The first-order valence-corrected chi connectivity index (χ1v) is 6.59. The molecule has 1 aliphatic rings. The first-order chi connectivity index (χ1) is 6.49. The molecule has 0 spiro atoms. The Labute approximate surface area is 92.0 Å². The van der Waals surface area contributed by atoms with Crippen LogP contribution in [0.15, 0.2) is 0 Å². The van der Waals surface area contributed by atoms with Crippen LogP contribution in [0.25, 0.3) is 0 Å². The third kappa shape index (κ3) is 4.67. The Bertz CT molecular complexity index is 161. The van der Waals surface area contributed by atoms with Gasteiger partial charge in [0.1, 0.15) is 0 Å². The molecule has 3 heteroatoms. The summed E-state index contributed by atoms with van der Waals surface area (Å²) in [6.07, 6.45) is 2.55. The van der Waals surface area contributed by atoms with Crippen molar-refractivity contribution in [1.29, 1.82) is 0 Å². The molecule has 2 atom stereocenters. The van der Waals surface area contributed by atoms with Gasteiger partial charge in [0.25, 0.3) is 0 Å². The molecule has 14 heavy (non-hydrogen) atoms. The predicted octanol–water partition coefficient (Wildman–Crippen LogP) is 2.27. The molecule has 84 valence electrons. The maximum Gasteiger partial charge on any atom is 0.0816 e. The van der Waals surface area contributed by atoms with Crippen LogP contribution in [0.2, 0.25) is 0 Å². The van der Waals surface area contributed by atoms with Crippen LogP contribution in [0.3, 0.4) is 0 Å². The highest BCUT2D eigenvalue weighted by atomic mass is 32.2. The van der Waals surface area contributed by atoms with Gasteiger partial charge in [-0.1, -0.05) is 20.8 Å². The Morgan fingerprint density at radius 3 is 2.71 bits per heavy atom. The lowest BCUT2D eigenvalue weighted by Gasteiger charge is -2.29. The van der Waals surface area contributed by atoms with Gasteiger partial charge in [0.15, 0.2) is 0 Å². The van der Waals surface area contributed by atoms with Crippen LogP contribution in [0.1, 0.15) is 33.6 Å². The maximum absolute atomic E-state index is 6.12. The van der Waals surface area contributed by atoms with E-state index in [1.54, 1.807) is 0 Å². The van der Waals surface area contributed by atoms with Crippen LogP contribution >= 0.6 is 11.8 Å². The highest BCUT2D eigenvalue weighted by Crippen LogP contribution is 2.24. The van der Waals surface area contributed by atoms with Crippen LogP contribution in [-0.4, -0.2) is 30.3 Å². The zero-order chi connectivity index (χ0) is 10.6. The average molecular weight is 217 g/mol. The maximum atomic E-state index is 6.12. The largest absolute Gasteiger partial charge is 0.375 e. The molecule has 1 saturated heterocycles. The lowest BCUT2D eigenvalue weighted by molar-refractivity contribution is 0.0523. The van der Waals surface area contributed by atoms with E-state index in [0.29, 0.717) is 5.41 Å². The van der Waals surface area contributed by atoms with E-state index < -0.39 is 0 Å². The standard InChI is InChI=1S/C11H23NOS/c1-11(2,3)5-4-9(12)10-8-14-7-6-13-10/h9-10H,4-8,12H2,1-3H3. The van der Waals surface area contributed by atoms with Gasteiger partial charge < -0.3 is 10.5 Å². The molecule has 2 nitrogen and oxygen atoms in total. The van der Waals surface area contributed by atoms with E-state index in [1.165, 1.54) is 6.42 Å². The van der Waals surface area contributed by atoms with Crippen LogP contribution in [-0.2, 0) is 4.74 Å². The van der Waals surface area contributed by atoms with Gasteiger partial charge in [-0.05, 0) is 18.3 Å². The van der Waals surface area contributed by atoms with E-state index >= 15 is 0 Å². The number of hydrogen-bond acceptors (Lipinski definition) is 3. The fraction of sp³-hybridized carbons (Fsp3) is 1.00. The summed E-state index contributed by atoms with van der Waals surface area (Å²) in [5.41, 5.74) is 6.51. The molecule has 0 aromatic heterocycles. The second kappa shape index (κ2) is 5.38. The van der Waals surface area contributed by atoms with Gasteiger partial charge in [0.05, 0.1) is 12.7 Å². The average Bonchev–Trinajstić information content (AvgIpc) is 2.14. The Morgan fingerprint density at radius 1 is 1.50 bits per heavy atom. The van der Waals surface area contributed by atoms with Gasteiger partial charge in [0.2, 0.25) is 0 Å². The third-order valence-corrected chi connectivity index (χ3v) is 3.57. The summed E-state index contributed by atoms with van der Waals surface area (Å²) in [7, 11) is 0. The third-order valence-electron chi connectivity index (χ3n) is 2.55. The molecular weight excluding hydrogens is 194 g/mol. The fourth-order valence-electron chi connectivity index (χ4n) is 1.54. The number of ether oxygens (including phenoxy) is 1. The molecule has 0 aromatic rings. The van der Waals surface area contributed by atoms with Crippen LogP contribution < -0.4 is 5.73 Å². The topological polar surface area (TPSA) is 35.2 Å². The molecule has 2 unspecified atom stereocenters. The highest BCUT2D eigenvalue weighted by molar-refractivity contribution is 7.99. The first-order valence-electron chi connectivity index (χ1n) is 5.44. The van der Waals surface area contributed by atoms with Crippen molar-refractivity contribution in [1.82, 2.24) is 0 Å². The molecule has 1 aliphatic heterocycles. The Balaban J connectivity index is 2.23. The molecule has 0 saturated carbocycles. The second-order valence-electron chi connectivity index (χ2n) is 5.25. The van der Waals surface area contributed by atoms with Gasteiger partial charge in [-0.25, -0.2) is 0 Å². The van der Waals surface area contributed by atoms with Gasteiger partial charge in [-0.3, -0.25) is 0 Å². The van der Waals surface area contributed by atoms with Crippen LogP contribution in [0.5, 0.6) is 0 Å². The van der Waals surface area contributed by atoms with Crippen molar-refractivity contribution < 1.29 is 4.74 Å². The van der Waals surface area contributed by atoms with Gasteiger partial charge in [-0.15, -0.1) is 0 Å². The minimum absolute atomic E-state index is 0.224. The van der Waals surface area contributed by atoms with Crippen molar-refractivity contribution >= 4 is 11.8 Å². The highest BCUT2D eigenvalue weighted by Gasteiger charge is 2.23. The molecule has 1 rings (SSSR count). The molecule has 0 bridgehead atoms. The second-order valence-corrected chi connectivity index (χ2v) is 6.40. The van der Waals surface area contributed by atoms with Gasteiger partial charge in [0, 0.05) is 17.5 Å². The molecule has 2 N–H and O–H groups in total. The zero-order valence-electron chi connectivity index (χ0n) is 9.58. The molecule has 1 heterocycles. The smallest absolute Gasteiger partial charge is 0.0816 e. The molecule has 0 aromatic carbocycles. The van der Waals surface area contributed by atoms with E-state index in [1.807, 2.05) is 11.8 Å². The quantitative estimate of drug-likeness (QED) is 0.787. The number of nitrogens with two attached hydrogens (primary N) is 1. The normalized spacial score (nSPS) is 26.1. The molecule has 0 amide bonds. The van der Waals surface area contributed by atoms with E-state index in [4.69, 9.17) is 10.5 Å². The van der Waals surface area contributed by atoms with E-state index in [2.05, 4.69) is 20.8 Å². The number of thioether (sulfide) groups is 1. The number of hydrogen-bond donors (Lipinski definition) is 1. The first kappa shape index (κ1) is 12.3. The molecule has 0 radical (unpaired) electrons. The predicted molar refractivity (Wildman–Crippen MR) is 63.7 cm³/mol. The summed E-state index contributed by atoms with van der Waals surface area (Å²) >= 11 is 1.96. The van der Waals surface area contributed by atoms with Crippen molar-refractivity contribution in [3.8, 4) is 0 Å². The summed E-state index contributed by atoms with van der Waals surface area (Å²) in [5.74, 6) is 2.20. The fourth-order valence-corrected chi connectivity index (χ4v) is 2.50. The van der Waals surface area contributed by atoms with E-state index in [0.717, 1.165) is 24.5 Å². The van der Waals surface area contributed by atoms with Gasteiger partial charge >= 0.3 is 0 Å². The summed E-state index contributed by atoms with van der Waals surface area (Å²) in [6, 6.07) is 0.224. The van der Waals surface area contributed by atoms with Crippen molar-refractivity contribution in [3.63, 3.8) is 0 Å². The minimum Gasteiger partial charge on any atom is -0.375 e. The van der Waals surface area contributed by atoms with E-state index in [9.17, 15) is 0 Å². The summed E-state index contributed by atoms with van der Waals surface area (Å²) in [5, 5.41) is 0. The van der Waals surface area contributed by atoms with Crippen molar-refractivity contribution in [2.75, 3.05) is 18.1 Å². The SMILES string of the molecule is CC(C)(C)CCC(N)C1CSCCO1. The lowest BCUT2D eigenvalue weighted by atomic mass is 9.88. The Hall–Kier alpha value is 0.270. The van der Waals surface area contributed by atoms with Gasteiger partial charge in [-0.2, -0.15) is 11.8 Å². The van der Waals surface area contributed by atoms with E-state index in [-0.39, 0.29) is 12.1 Å².